The monoisotopic (exact) mass is 621 g/mol. The molecule has 5 rings (SSSR count). The molecule has 0 aliphatic heterocycles. The first-order valence-corrected chi connectivity index (χ1v) is 15.1. The largest absolute Gasteiger partial charge is 0.494 e. The first kappa shape index (κ1) is 31.6. The number of rotatable bonds is 14. The Morgan fingerprint density at radius 1 is 0.773 bits per heavy atom. The van der Waals surface area contributed by atoms with Crippen molar-refractivity contribution in [2.75, 3.05) is 19.8 Å². The third-order valence-corrected chi connectivity index (χ3v) is 7.85. The van der Waals surface area contributed by atoms with Crippen LogP contribution >= 0.6 is 11.6 Å². The number of furan rings is 1. The molecule has 0 spiro atoms. The van der Waals surface area contributed by atoms with Gasteiger partial charge in [-0.3, -0.25) is 4.90 Å². The summed E-state index contributed by atoms with van der Waals surface area (Å²) in [6.07, 6.45) is -0.120. The van der Waals surface area contributed by atoms with Crippen LogP contribution in [0.4, 0.5) is 13.2 Å². The van der Waals surface area contributed by atoms with E-state index in [2.05, 4.69) is 54.6 Å². The van der Waals surface area contributed by atoms with Crippen LogP contribution in [0.1, 0.15) is 41.7 Å². The van der Waals surface area contributed by atoms with E-state index in [4.69, 9.17) is 20.8 Å². The zero-order chi connectivity index (χ0) is 30.9. The molecule has 230 valence electrons. The lowest BCUT2D eigenvalue weighted by Crippen LogP contribution is -2.25. The molecule has 0 unspecified atom stereocenters. The fourth-order valence-electron chi connectivity index (χ4n) is 5.24. The molecule has 0 radical (unpaired) electrons. The Bertz CT molecular complexity index is 1650. The molecule has 5 aromatic rings. The van der Waals surface area contributed by atoms with Crippen molar-refractivity contribution >= 4 is 22.4 Å². The molecule has 0 atom stereocenters. The van der Waals surface area contributed by atoms with Crippen LogP contribution in [0.25, 0.3) is 22.1 Å². The van der Waals surface area contributed by atoms with Crippen LogP contribution in [0.2, 0.25) is 5.02 Å². The molecule has 1 aromatic heterocycles. The number of benzene rings is 4. The lowest BCUT2D eigenvalue weighted by molar-refractivity contribution is -0.137. The van der Waals surface area contributed by atoms with Crippen LogP contribution in [-0.4, -0.2) is 29.8 Å². The van der Waals surface area contributed by atoms with Gasteiger partial charge < -0.3 is 14.3 Å². The molecule has 0 saturated heterocycles. The Kier molecular flexibility index (Phi) is 10.6. The number of ether oxygens (including phenoxy) is 1. The second-order valence-corrected chi connectivity index (χ2v) is 11.3. The van der Waals surface area contributed by atoms with E-state index >= 15 is 0 Å². The molecule has 8 heteroatoms. The van der Waals surface area contributed by atoms with Gasteiger partial charge in [0.25, 0.3) is 0 Å². The van der Waals surface area contributed by atoms with Crippen LogP contribution in [0.3, 0.4) is 0 Å². The van der Waals surface area contributed by atoms with E-state index in [0.29, 0.717) is 32.0 Å². The number of unbranched alkanes of at least 4 members (excludes halogenated alkanes) is 2. The summed E-state index contributed by atoms with van der Waals surface area (Å²) in [6.45, 7) is 1.96. The van der Waals surface area contributed by atoms with Crippen LogP contribution in [-0.2, 0) is 25.7 Å². The second-order valence-electron chi connectivity index (χ2n) is 10.9. The zero-order valence-corrected chi connectivity index (χ0v) is 25.1. The molecule has 0 fully saturated rings. The lowest BCUT2D eigenvalue weighted by atomic mass is 10.1. The van der Waals surface area contributed by atoms with E-state index in [1.165, 1.54) is 11.6 Å². The summed E-state index contributed by atoms with van der Waals surface area (Å²) in [5.41, 5.74) is 1.82. The SMILES string of the molecule is OCCN(Cc1ccc2cc(OCCCCCc3ccccc3)ccc2c1)Cc1ccc(-c2cc(C(F)(F)F)ccc2Cl)o1. The standard InChI is InChI=1S/C36H35ClF3NO3/c37-34-16-13-30(36(38,39)40)23-33(34)35-17-15-32(44-35)25-41(18-19-42)24-27-10-11-29-22-31(14-12-28(29)21-27)43-20-6-2-5-9-26-7-3-1-4-8-26/h1,3-4,7-8,10-17,21-23,42H,2,5-6,9,18-20,24-25H2. The summed E-state index contributed by atoms with van der Waals surface area (Å²) in [6, 6.07) is 29.4. The van der Waals surface area contributed by atoms with Gasteiger partial charge in [-0.25, -0.2) is 0 Å². The summed E-state index contributed by atoms with van der Waals surface area (Å²) in [7, 11) is 0. The van der Waals surface area contributed by atoms with Gasteiger partial charge in [-0.15, -0.1) is 0 Å². The molecule has 44 heavy (non-hydrogen) atoms. The minimum absolute atomic E-state index is 0.0481. The Balaban J connectivity index is 1.16. The summed E-state index contributed by atoms with van der Waals surface area (Å²) < 4.78 is 51.6. The van der Waals surface area contributed by atoms with Crippen molar-refractivity contribution in [2.24, 2.45) is 0 Å². The highest BCUT2D eigenvalue weighted by Gasteiger charge is 2.31. The van der Waals surface area contributed by atoms with E-state index in [1.54, 1.807) is 12.1 Å². The first-order chi connectivity index (χ1) is 21.3. The van der Waals surface area contributed by atoms with Crippen molar-refractivity contribution in [3.8, 4) is 17.1 Å². The Morgan fingerprint density at radius 2 is 1.57 bits per heavy atom. The Hall–Kier alpha value is -3.78. The summed E-state index contributed by atoms with van der Waals surface area (Å²) in [5.74, 6) is 1.67. The molecule has 1 N–H and O–H groups in total. The fraction of sp³-hybridized carbons (Fsp3) is 0.278. The second kappa shape index (κ2) is 14.8. The van der Waals surface area contributed by atoms with Crippen molar-refractivity contribution in [1.29, 1.82) is 0 Å². The maximum absolute atomic E-state index is 13.2. The van der Waals surface area contributed by atoms with Gasteiger partial charge in [0.1, 0.15) is 17.3 Å². The molecule has 0 saturated carbocycles. The molecule has 4 aromatic carbocycles. The number of aryl methyl sites for hydroxylation is 1. The maximum Gasteiger partial charge on any atom is 0.416 e. The predicted molar refractivity (Wildman–Crippen MR) is 169 cm³/mol. The number of alkyl halides is 3. The number of halogens is 4. The number of nitrogens with zero attached hydrogens (tertiary/aromatic N) is 1. The van der Waals surface area contributed by atoms with Gasteiger partial charge in [0.2, 0.25) is 0 Å². The molecule has 0 aliphatic carbocycles. The van der Waals surface area contributed by atoms with Crippen LogP contribution in [0, 0.1) is 0 Å². The summed E-state index contributed by atoms with van der Waals surface area (Å²) >= 11 is 6.19. The first-order valence-electron chi connectivity index (χ1n) is 14.8. The van der Waals surface area contributed by atoms with Crippen LogP contribution < -0.4 is 4.74 Å². The number of hydrogen-bond acceptors (Lipinski definition) is 4. The fourth-order valence-corrected chi connectivity index (χ4v) is 5.45. The van der Waals surface area contributed by atoms with Crippen molar-refractivity contribution in [2.45, 2.75) is 44.9 Å². The van der Waals surface area contributed by atoms with E-state index in [0.717, 1.165) is 59.9 Å². The molecule has 0 bridgehead atoms. The average Bonchev–Trinajstić information content (AvgIpc) is 3.47. The third kappa shape index (κ3) is 8.65. The highest BCUT2D eigenvalue weighted by atomic mass is 35.5. The number of fused-ring (bicyclic) bond motifs is 1. The van der Waals surface area contributed by atoms with E-state index in [1.807, 2.05) is 17.0 Å². The third-order valence-electron chi connectivity index (χ3n) is 7.52. The van der Waals surface area contributed by atoms with Gasteiger partial charge in [0.05, 0.1) is 30.3 Å². The quantitative estimate of drug-likeness (QED) is 0.125. The zero-order valence-electron chi connectivity index (χ0n) is 24.3. The Labute approximate surface area is 260 Å². The van der Waals surface area contributed by atoms with Crippen LogP contribution in [0.15, 0.2) is 101 Å². The van der Waals surface area contributed by atoms with Crippen molar-refractivity contribution in [3.05, 3.63) is 125 Å². The van der Waals surface area contributed by atoms with Gasteiger partial charge in [0, 0.05) is 18.7 Å². The maximum atomic E-state index is 13.2. The minimum atomic E-state index is -4.48. The van der Waals surface area contributed by atoms with Gasteiger partial charge in [-0.1, -0.05) is 60.1 Å². The molecule has 1 heterocycles. The number of aliphatic hydroxyl groups is 1. The van der Waals surface area contributed by atoms with Crippen molar-refractivity contribution in [1.82, 2.24) is 4.90 Å². The predicted octanol–water partition coefficient (Wildman–Crippen LogP) is 9.56. The molecular weight excluding hydrogens is 587 g/mol. The van der Waals surface area contributed by atoms with Gasteiger partial charge in [0.15, 0.2) is 0 Å². The molecule has 4 nitrogen and oxygen atoms in total. The summed E-state index contributed by atoms with van der Waals surface area (Å²) in [4.78, 5) is 2.02. The Morgan fingerprint density at radius 3 is 2.36 bits per heavy atom. The topological polar surface area (TPSA) is 45.8 Å². The van der Waals surface area contributed by atoms with Crippen LogP contribution in [0.5, 0.6) is 5.75 Å². The lowest BCUT2D eigenvalue weighted by Gasteiger charge is -2.20. The van der Waals surface area contributed by atoms with Crippen molar-refractivity contribution < 1.29 is 27.4 Å². The number of aliphatic hydroxyl groups excluding tert-OH is 1. The minimum Gasteiger partial charge on any atom is -0.494 e. The number of hydrogen-bond donors (Lipinski definition) is 1. The summed E-state index contributed by atoms with van der Waals surface area (Å²) in [5, 5.41) is 12.0. The van der Waals surface area contributed by atoms with Crippen molar-refractivity contribution in [3.63, 3.8) is 0 Å². The van der Waals surface area contributed by atoms with E-state index in [-0.39, 0.29) is 23.0 Å². The normalized spacial score (nSPS) is 11.9. The molecule has 0 amide bonds. The molecular formula is C36H35ClF3NO3. The van der Waals surface area contributed by atoms with E-state index < -0.39 is 11.7 Å². The smallest absolute Gasteiger partial charge is 0.416 e. The van der Waals surface area contributed by atoms with Gasteiger partial charge in [-0.2, -0.15) is 13.2 Å². The van der Waals surface area contributed by atoms with Gasteiger partial charge in [-0.05, 0) is 96.1 Å². The molecule has 0 aliphatic rings. The van der Waals surface area contributed by atoms with E-state index in [9.17, 15) is 18.3 Å². The van der Waals surface area contributed by atoms with Gasteiger partial charge >= 0.3 is 6.18 Å². The highest BCUT2D eigenvalue weighted by molar-refractivity contribution is 6.33. The highest BCUT2D eigenvalue weighted by Crippen LogP contribution is 2.36. The average molecular weight is 622 g/mol.